The first-order valence-corrected chi connectivity index (χ1v) is 6.02. The van der Waals surface area contributed by atoms with Gasteiger partial charge in [-0.15, -0.1) is 0 Å². The van der Waals surface area contributed by atoms with Gasteiger partial charge in [-0.2, -0.15) is 0 Å². The van der Waals surface area contributed by atoms with Crippen LogP contribution in [-0.4, -0.2) is 10.1 Å². The van der Waals surface area contributed by atoms with Crippen molar-refractivity contribution < 1.29 is 5.11 Å². The molecule has 3 heteroatoms. The number of aliphatic hydroxyl groups excluding tert-OH is 1. The van der Waals surface area contributed by atoms with Gasteiger partial charge in [0.25, 0.3) is 0 Å². The Hall–Kier alpha value is -1.87. The molecule has 2 aromatic rings. The van der Waals surface area contributed by atoms with Gasteiger partial charge in [0.2, 0.25) is 0 Å². The van der Waals surface area contributed by atoms with E-state index in [4.69, 9.17) is 5.73 Å². The predicted octanol–water partition coefficient (Wildman–Crippen LogP) is 2.56. The van der Waals surface area contributed by atoms with Crippen molar-refractivity contribution in [1.82, 2.24) is 4.98 Å². The summed E-state index contributed by atoms with van der Waals surface area (Å²) in [5, 5.41) is 10.3. The summed E-state index contributed by atoms with van der Waals surface area (Å²) in [5.41, 5.74) is 9.87. The number of aliphatic hydroxyl groups is 1. The van der Waals surface area contributed by atoms with Crippen molar-refractivity contribution in [3.8, 4) is 0 Å². The SMILES string of the molecule is Cc1ccc(C)c(C(O)Cc2cccnc2N)c1. The zero-order valence-corrected chi connectivity index (χ0v) is 10.7. The van der Waals surface area contributed by atoms with Crippen molar-refractivity contribution >= 4 is 5.82 Å². The standard InChI is InChI=1S/C15H18N2O/c1-10-5-6-11(2)13(8-10)14(18)9-12-4-3-7-17-15(12)16/h3-8,14,18H,9H2,1-2H3,(H2,16,17). The summed E-state index contributed by atoms with van der Waals surface area (Å²) >= 11 is 0. The second-order valence-electron chi connectivity index (χ2n) is 4.63. The minimum atomic E-state index is -0.545. The molecule has 0 fully saturated rings. The number of anilines is 1. The molecule has 2 rings (SSSR count). The number of aromatic nitrogens is 1. The molecule has 3 N–H and O–H groups in total. The van der Waals surface area contributed by atoms with Crippen molar-refractivity contribution in [3.05, 3.63) is 58.8 Å². The zero-order valence-electron chi connectivity index (χ0n) is 10.7. The summed E-state index contributed by atoms with van der Waals surface area (Å²) < 4.78 is 0. The highest BCUT2D eigenvalue weighted by Gasteiger charge is 2.13. The van der Waals surface area contributed by atoms with Crippen LogP contribution in [0, 0.1) is 13.8 Å². The lowest BCUT2D eigenvalue weighted by Gasteiger charge is -2.15. The molecule has 0 aliphatic rings. The average molecular weight is 242 g/mol. The third kappa shape index (κ3) is 2.68. The second kappa shape index (κ2) is 5.19. The lowest BCUT2D eigenvalue weighted by atomic mass is 9.96. The molecular formula is C15H18N2O. The summed E-state index contributed by atoms with van der Waals surface area (Å²) in [6.07, 6.45) is 1.60. The van der Waals surface area contributed by atoms with Crippen LogP contribution >= 0.6 is 0 Å². The smallest absolute Gasteiger partial charge is 0.126 e. The molecule has 18 heavy (non-hydrogen) atoms. The maximum atomic E-state index is 10.3. The first-order chi connectivity index (χ1) is 8.58. The van der Waals surface area contributed by atoms with Crippen molar-refractivity contribution in [3.63, 3.8) is 0 Å². The molecule has 0 saturated heterocycles. The molecule has 0 aliphatic carbocycles. The van der Waals surface area contributed by atoms with Gasteiger partial charge in [-0.05, 0) is 36.6 Å². The highest BCUT2D eigenvalue weighted by atomic mass is 16.3. The van der Waals surface area contributed by atoms with Crippen LogP contribution in [0.4, 0.5) is 5.82 Å². The van der Waals surface area contributed by atoms with E-state index < -0.39 is 6.10 Å². The molecule has 1 atom stereocenters. The highest BCUT2D eigenvalue weighted by molar-refractivity contribution is 5.40. The van der Waals surface area contributed by atoms with Crippen molar-refractivity contribution in [2.45, 2.75) is 26.4 Å². The van der Waals surface area contributed by atoms with E-state index >= 15 is 0 Å². The number of hydrogen-bond donors (Lipinski definition) is 2. The van der Waals surface area contributed by atoms with E-state index in [1.807, 2.05) is 44.2 Å². The number of nitrogens with two attached hydrogens (primary N) is 1. The normalized spacial score (nSPS) is 12.4. The Balaban J connectivity index is 2.25. The molecule has 1 aromatic carbocycles. The molecule has 0 aliphatic heterocycles. The maximum absolute atomic E-state index is 10.3. The van der Waals surface area contributed by atoms with E-state index in [0.717, 1.165) is 22.3 Å². The van der Waals surface area contributed by atoms with Gasteiger partial charge < -0.3 is 10.8 Å². The molecule has 0 saturated carbocycles. The molecular weight excluding hydrogens is 224 g/mol. The van der Waals surface area contributed by atoms with Crippen LogP contribution in [0.25, 0.3) is 0 Å². The van der Waals surface area contributed by atoms with Gasteiger partial charge in [-0.1, -0.05) is 29.8 Å². The Morgan fingerprint density at radius 3 is 2.78 bits per heavy atom. The van der Waals surface area contributed by atoms with Gasteiger partial charge in [0, 0.05) is 12.6 Å². The summed E-state index contributed by atoms with van der Waals surface area (Å²) in [4.78, 5) is 4.03. The Morgan fingerprint density at radius 2 is 2.06 bits per heavy atom. The van der Waals surface area contributed by atoms with Crippen LogP contribution in [0.3, 0.4) is 0 Å². The van der Waals surface area contributed by atoms with Crippen LogP contribution in [0.5, 0.6) is 0 Å². The zero-order chi connectivity index (χ0) is 13.1. The van der Waals surface area contributed by atoms with Crippen LogP contribution in [0.1, 0.15) is 28.4 Å². The first-order valence-electron chi connectivity index (χ1n) is 6.02. The Kier molecular flexibility index (Phi) is 3.63. The molecule has 0 radical (unpaired) electrons. The predicted molar refractivity (Wildman–Crippen MR) is 73.2 cm³/mol. The summed E-state index contributed by atoms with van der Waals surface area (Å²) in [5.74, 6) is 0.488. The van der Waals surface area contributed by atoms with Crippen LogP contribution in [0.15, 0.2) is 36.5 Å². The Bertz CT molecular complexity index is 552. The topological polar surface area (TPSA) is 59.1 Å². The summed E-state index contributed by atoms with van der Waals surface area (Å²) in [6.45, 7) is 4.03. The quantitative estimate of drug-likeness (QED) is 0.869. The fraction of sp³-hybridized carbons (Fsp3) is 0.267. The van der Waals surface area contributed by atoms with Crippen LogP contribution in [0.2, 0.25) is 0 Å². The molecule has 0 amide bonds. The Labute approximate surface area is 107 Å². The van der Waals surface area contributed by atoms with Gasteiger partial charge in [-0.3, -0.25) is 0 Å². The van der Waals surface area contributed by atoms with Gasteiger partial charge in [-0.25, -0.2) is 4.98 Å². The van der Waals surface area contributed by atoms with Crippen LogP contribution < -0.4 is 5.73 Å². The monoisotopic (exact) mass is 242 g/mol. The van der Waals surface area contributed by atoms with Crippen molar-refractivity contribution in [2.24, 2.45) is 0 Å². The molecule has 1 unspecified atom stereocenters. The highest BCUT2D eigenvalue weighted by Crippen LogP contribution is 2.24. The number of nitrogen functional groups attached to an aromatic ring is 1. The van der Waals surface area contributed by atoms with E-state index in [9.17, 15) is 5.11 Å². The Morgan fingerprint density at radius 1 is 1.28 bits per heavy atom. The third-order valence-electron chi connectivity index (χ3n) is 3.13. The number of nitrogens with zero attached hydrogens (tertiary/aromatic N) is 1. The minimum Gasteiger partial charge on any atom is -0.388 e. The maximum Gasteiger partial charge on any atom is 0.126 e. The van der Waals surface area contributed by atoms with E-state index in [2.05, 4.69) is 4.98 Å². The fourth-order valence-corrected chi connectivity index (χ4v) is 2.06. The molecule has 1 heterocycles. The molecule has 0 bridgehead atoms. The average Bonchev–Trinajstić information content (AvgIpc) is 2.35. The molecule has 94 valence electrons. The fourth-order valence-electron chi connectivity index (χ4n) is 2.06. The third-order valence-corrected chi connectivity index (χ3v) is 3.13. The minimum absolute atomic E-state index is 0.488. The lowest BCUT2D eigenvalue weighted by molar-refractivity contribution is 0.178. The van der Waals surface area contributed by atoms with E-state index in [-0.39, 0.29) is 0 Å². The van der Waals surface area contributed by atoms with E-state index in [1.54, 1.807) is 6.20 Å². The number of hydrogen-bond acceptors (Lipinski definition) is 3. The number of benzene rings is 1. The number of pyridine rings is 1. The van der Waals surface area contributed by atoms with E-state index in [1.165, 1.54) is 0 Å². The lowest BCUT2D eigenvalue weighted by Crippen LogP contribution is -2.07. The molecule has 0 spiro atoms. The van der Waals surface area contributed by atoms with Crippen LogP contribution in [-0.2, 0) is 6.42 Å². The number of aryl methyl sites for hydroxylation is 2. The number of rotatable bonds is 3. The van der Waals surface area contributed by atoms with Gasteiger partial charge in [0.05, 0.1) is 6.10 Å². The second-order valence-corrected chi connectivity index (χ2v) is 4.63. The summed E-state index contributed by atoms with van der Waals surface area (Å²) in [7, 11) is 0. The summed E-state index contributed by atoms with van der Waals surface area (Å²) in [6, 6.07) is 9.83. The van der Waals surface area contributed by atoms with Crippen molar-refractivity contribution in [1.29, 1.82) is 0 Å². The van der Waals surface area contributed by atoms with Gasteiger partial charge in [0.1, 0.15) is 5.82 Å². The molecule has 3 nitrogen and oxygen atoms in total. The molecule has 1 aromatic heterocycles. The van der Waals surface area contributed by atoms with Gasteiger partial charge in [0.15, 0.2) is 0 Å². The first kappa shape index (κ1) is 12.6. The van der Waals surface area contributed by atoms with Gasteiger partial charge >= 0.3 is 0 Å². The largest absolute Gasteiger partial charge is 0.388 e. The van der Waals surface area contributed by atoms with E-state index in [0.29, 0.717) is 12.2 Å². The van der Waals surface area contributed by atoms with Crippen molar-refractivity contribution in [2.75, 3.05) is 5.73 Å².